The number of ether oxygens (including phenoxy) is 2. The van der Waals surface area contributed by atoms with Crippen molar-refractivity contribution in [3.05, 3.63) is 35.6 Å². The van der Waals surface area contributed by atoms with Crippen molar-refractivity contribution in [1.82, 2.24) is 0 Å². The van der Waals surface area contributed by atoms with Crippen LogP contribution in [0.3, 0.4) is 0 Å². The number of benzene rings is 1. The molecule has 5 heteroatoms. The Labute approximate surface area is 142 Å². The van der Waals surface area contributed by atoms with Gasteiger partial charge in [0, 0.05) is 12.5 Å². The summed E-state index contributed by atoms with van der Waals surface area (Å²) in [5.74, 6) is -2.01. The normalized spacial score (nSPS) is 22.2. The molecule has 4 nitrogen and oxygen atoms in total. The van der Waals surface area contributed by atoms with Crippen molar-refractivity contribution in [2.24, 2.45) is 11.8 Å². The second-order valence-corrected chi connectivity index (χ2v) is 6.80. The van der Waals surface area contributed by atoms with Crippen LogP contribution < -0.4 is 0 Å². The SMILES string of the molecule is CCOC(=O)C(C#N)C(c1ccc(F)cc1)C1CCOC(C)(C)C1. The first-order chi connectivity index (χ1) is 11.4. The number of esters is 1. The van der Waals surface area contributed by atoms with Gasteiger partial charge in [0.1, 0.15) is 5.82 Å². The highest BCUT2D eigenvalue weighted by Gasteiger charge is 2.41. The number of hydrogen-bond acceptors (Lipinski definition) is 4. The van der Waals surface area contributed by atoms with E-state index in [1.165, 1.54) is 12.1 Å². The standard InChI is InChI=1S/C19H24FNO3/c1-4-23-18(22)16(12-21)17(13-5-7-15(20)8-6-13)14-9-10-24-19(2,3)11-14/h5-8,14,16-17H,4,9-11H2,1-3H3. The zero-order valence-electron chi connectivity index (χ0n) is 14.4. The quantitative estimate of drug-likeness (QED) is 0.769. The van der Waals surface area contributed by atoms with Crippen molar-refractivity contribution >= 4 is 5.97 Å². The van der Waals surface area contributed by atoms with E-state index in [0.29, 0.717) is 6.61 Å². The maximum absolute atomic E-state index is 13.3. The Balaban J connectivity index is 2.38. The Hall–Kier alpha value is -1.93. The van der Waals surface area contributed by atoms with Gasteiger partial charge >= 0.3 is 5.97 Å². The van der Waals surface area contributed by atoms with Crippen LogP contribution in [0.1, 0.15) is 45.1 Å². The van der Waals surface area contributed by atoms with Gasteiger partial charge < -0.3 is 9.47 Å². The number of nitrogens with zero attached hydrogens (tertiary/aromatic N) is 1. The zero-order chi connectivity index (χ0) is 17.7. The molecule has 0 N–H and O–H groups in total. The van der Waals surface area contributed by atoms with Gasteiger partial charge in [-0.15, -0.1) is 0 Å². The van der Waals surface area contributed by atoms with Crippen molar-refractivity contribution in [2.45, 2.75) is 45.1 Å². The molecule has 1 aromatic carbocycles. The molecule has 0 aliphatic carbocycles. The first-order valence-corrected chi connectivity index (χ1v) is 8.33. The molecule has 1 aliphatic heterocycles. The summed E-state index contributed by atoms with van der Waals surface area (Å²) in [5.41, 5.74) is 0.481. The number of hydrogen-bond donors (Lipinski definition) is 0. The van der Waals surface area contributed by atoms with Crippen LogP contribution in [0.5, 0.6) is 0 Å². The van der Waals surface area contributed by atoms with E-state index in [0.717, 1.165) is 18.4 Å². The lowest BCUT2D eigenvalue weighted by molar-refractivity contribution is -0.148. The summed E-state index contributed by atoms with van der Waals surface area (Å²) in [7, 11) is 0. The molecular formula is C19H24FNO3. The lowest BCUT2D eigenvalue weighted by atomic mass is 9.71. The molecule has 0 saturated carbocycles. The topological polar surface area (TPSA) is 59.3 Å². The molecule has 1 saturated heterocycles. The summed E-state index contributed by atoms with van der Waals surface area (Å²) in [6.45, 7) is 6.54. The summed E-state index contributed by atoms with van der Waals surface area (Å²) in [4.78, 5) is 12.3. The van der Waals surface area contributed by atoms with Crippen LogP contribution in [-0.2, 0) is 14.3 Å². The molecule has 3 atom stereocenters. The molecule has 2 rings (SSSR count). The van der Waals surface area contributed by atoms with E-state index in [-0.39, 0.29) is 29.9 Å². The minimum Gasteiger partial charge on any atom is -0.465 e. The van der Waals surface area contributed by atoms with Crippen molar-refractivity contribution in [2.75, 3.05) is 13.2 Å². The monoisotopic (exact) mass is 333 g/mol. The third-order valence-electron chi connectivity index (χ3n) is 4.54. The van der Waals surface area contributed by atoms with E-state index < -0.39 is 11.9 Å². The molecule has 0 spiro atoms. The van der Waals surface area contributed by atoms with Crippen LogP contribution in [0.25, 0.3) is 0 Å². The molecule has 1 fully saturated rings. The summed E-state index contributed by atoms with van der Waals surface area (Å²) in [5, 5.41) is 9.61. The highest BCUT2D eigenvalue weighted by molar-refractivity contribution is 5.76. The molecule has 0 bridgehead atoms. The number of nitriles is 1. The highest BCUT2D eigenvalue weighted by Crippen LogP contribution is 2.42. The van der Waals surface area contributed by atoms with Crippen LogP contribution in [0, 0.1) is 29.0 Å². The van der Waals surface area contributed by atoms with E-state index in [4.69, 9.17) is 9.47 Å². The van der Waals surface area contributed by atoms with Crippen LogP contribution >= 0.6 is 0 Å². The van der Waals surface area contributed by atoms with Gasteiger partial charge in [0.05, 0.1) is 18.3 Å². The molecule has 0 radical (unpaired) electrons. The van der Waals surface area contributed by atoms with Crippen molar-refractivity contribution in [3.63, 3.8) is 0 Å². The zero-order valence-corrected chi connectivity index (χ0v) is 14.4. The van der Waals surface area contributed by atoms with E-state index in [9.17, 15) is 14.4 Å². The van der Waals surface area contributed by atoms with Gasteiger partial charge in [-0.2, -0.15) is 5.26 Å². The third-order valence-corrected chi connectivity index (χ3v) is 4.54. The molecule has 130 valence electrons. The van der Waals surface area contributed by atoms with Crippen LogP contribution in [0.4, 0.5) is 4.39 Å². The molecular weight excluding hydrogens is 309 g/mol. The first-order valence-electron chi connectivity index (χ1n) is 8.33. The summed E-state index contributed by atoms with van der Waals surface area (Å²) in [6.07, 6.45) is 1.48. The summed E-state index contributed by atoms with van der Waals surface area (Å²) < 4.78 is 24.2. The van der Waals surface area contributed by atoms with Gasteiger partial charge in [-0.3, -0.25) is 4.79 Å². The fraction of sp³-hybridized carbons (Fsp3) is 0.579. The minimum atomic E-state index is -0.908. The lowest BCUT2D eigenvalue weighted by Crippen LogP contribution is -2.39. The maximum Gasteiger partial charge on any atom is 0.323 e. The smallest absolute Gasteiger partial charge is 0.323 e. The van der Waals surface area contributed by atoms with Gasteiger partial charge in [-0.1, -0.05) is 12.1 Å². The molecule has 1 aromatic rings. The third kappa shape index (κ3) is 4.33. The molecule has 1 heterocycles. The molecule has 3 unspecified atom stereocenters. The second kappa shape index (κ2) is 7.76. The van der Waals surface area contributed by atoms with Crippen molar-refractivity contribution in [1.29, 1.82) is 5.26 Å². The second-order valence-electron chi connectivity index (χ2n) is 6.80. The average molecular weight is 333 g/mol. The average Bonchev–Trinajstić information content (AvgIpc) is 2.52. The van der Waals surface area contributed by atoms with E-state index in [2.05, 4.69) is 6.07 Å². The Kier molecular flexibility index (Phi) is 5.95. The minimum absolute atomic E-state index is 0.0910. The molecule has 24 heavy (non-hydrogen) atoms. The predicted octanol–water partition coefficient (Wildman–Crippen LogP) is 3.82. The highest BCUT2D eigenvalue weighted by atomic mass is 19.1. The molecule has 0 amide bonds. The largest absolute Gasteiger partial charge is 0.465 e. The Bertz CT molecular complexity index is 606. The fourth-order valence-electron chi connectivity index (χ4n) is 3.52. The number of halogens is 1. The van der Waals surface area contributed by atoms with Gasteiger partial charge in [0.25, 0.3) is 0 Å². The Morgan fingerprint density at radius 2 is 2.12 bits per heavy atom. The maximum atomic E-state index is 13.3. The van der Waals surface area contributed by atoms with Crippen molar-refractivity contribution in [3.8, 4) is 6.07 Å². The molecule has 0 aromatic heterocycles. The van der Waals surface area contributed by atoms with Gasteiger partial charge in [-0.25, -0.2) is 4.39 Å². The fourth-order valence-corrected chi connectivity index (χ4v) is 3.52. The lowest BCUT2D eigenvalue weighted by Gasteiger charge is -2.40. The van der Waals surface area contributed by atoms with Crippen LogP contribution in [-0.4, -0.2) is 24.8 Å². The first kappa shape index (κ1) is 18.4. The predicted molar refractivity (Wildman–Crippen MR) is 87.6 cm³/mol. The Morgan fingerprint density at radius 1 is 1.46 bits per heavy atom. The number of carbonyl (C=O) groups is 1. The van der Waals surface area contributed by atoms with E-state index >= 15 is 0 Å². The van der Waals surface area contributed by atoms with E-state index in [1.807, 2.05) is 13.8 Å². The van der Waals surface area contributed by atoms with Gasteiger partial charge in [-0.05, 0) is 57.2 Å². The Morgan fingerprint density at radius 3 is 2.67 bits per heavy atom. The summed E-state index contributed by atoms with van der Waals surface area (Å²) >= 11 is 0. The van der Waals surface area contributed by atoms with Crippen molar-refractivity contribution < 1.29 is 18.7 Å². The van der Waals surface area contributed by atoms with E-state index in [1.54, 1.807) is 19.1 Å². The van der Waals surface area contributed by atoms with Crippen LogP contribution in [0.15, 0.2) is 24.3 Å². The van der Waals surface area contributed by atoms with Crippen LogP contribution in [0.2, 0.25) is 0 Å². The molecule has 1 aliphatic rings. The number of rotatable bonds is 5. The summed E-state index contributed by atoms with van der Waals surface area (Å²) in [6, 6.07) is 8.17. The van der Waals surface area contributed by atoms with Gasteiger partial charge in [0.2, 0.25) is 0 Å². The number of carbonyl (C=O) groups excluding carboxylic acids is 1. The van der Waals surface area contributed by atoms with Gasteiger partial charge in [0.15, 0.2) is 5.92 Å².